The largest absolute Gasteiger partial charge is 0.395 e. The molecule has 1 amide bonds. The van der Waals surface area contributed by atoms with Gasteiger partial charge in [0.2, 0.25) is 5.91 Å². The molecule has 0 spiro atoms. The molecule has 16 heavy (non-hydrogen) atoms. The number of halogens is 1. The number of nitrogens with one attached hydrogen (secondary N) is 2. The Balaban J connectivity index is 2.40. The fraction of sp³-hybridized carbons (Fsp3) is 0.364. The lowest BCUT2D eigenvalue weighted by Gasteiger charge is -2.10. The fourth-order valence-electron chi connectivity index (χ4n) is 1.10. The van der Waals surface area contributed by atoms with Crippen molar-refractivity contribution >= 4 is 23.2 Å². The van der Waals surface area contributed by atoms with Crippen LogP contribution in [0.25, 0.3) is 0 Å². The molecule has 1 aromatic carbocycles. The number of aliphatic hydroxyl groups is 1. The molecule has 0 heterocycles. The molecule has 1 aromatic rings. The summed E-state index contributed by atoms with van der Waals surface area (Å²) >= 11 is 5.78. The molecule has 88 valence electrons. The van der Waals surface area contributed by atoms with Gasteiger partial charge >= 0.3 is 0 Å². The van der Waals surface area contributed by atoms with E-state index in [1.54, 1.807) is 31.2 Å². The monoisotopic (exact) mass is 242 g/mol. The van der Waals surface area contributed by atoms with Crippen molar-refractivity contribution in [3.63, 3.8) is 0 Å². The second-order valence-corrected chi connectivity index (χ2v) is 3.96. The van der Waals surface area contributed by atoms with E-state index in [0.717, 1.165) is 0 Å². The topological polar surface area (TPSA) is 61.4 Å². The van der Waals surface area contributed by atoms with Gasteiger partial charge in [0.25, 0.3) is 0 Å². The average molecular weight is 243 g/mol. The Kier molecular flexibility index (Phi) is 5.25. The molecule has 5 heteroatoms. The van der Waals surface area contributed by atoms with Crippen LogP contribution in [0.3, 0.4) is 0 Å². The zero-order chi connectivity index (χ0) is 12.0. The first-order valence-electron chi connectivity index (χ1n) is 5.01. The van der Waals surface area contributed by atoms with E-state index in [-0.39, 0.29) is 25.1 Å². The third-order valence-electron chi connectivity index (χ3n) is 1.99. The molecular weight excluding hydrogens is 228 g/mol. The van der Waals surface area contributed by atoms with Crippen LogP contribution in [-0.4, -0.2) is 30.2 Å². The van der Waals surface area contributed by atoms with Crippen molar-refractivity contribution in [3.05, 3.63) is 29.3 Å². The highest BCUT2D eigenvalue weighted by molar-refractivity contribution is 6.30. The van der Waals surface area contributed by atoms with Crippen molar-refractivity contribution in [1.82, 2.24) is 5.32 Å². The van der Waals surface area contributed by atoms with Crippen LogP contribution >= 0.6 is 11.6 Å². The molecule has 0 aliphatic heterocycles. The number of amides is 1. The molecule has 1 rings (SSSR count). The zero-order valence-corrected chi connectivity index (χ0v) is 9.79. The maximum atomic E-state index is 11.4. The smallest absolute Gasteiger partial charge is 0.238 e. The van der Waals surface area contributed by atoms with E-state index in [4.69, 9.17) is 16.7 Å². The summed E-state index contributed by atoms with van der Waals surface area (Å²) in [5.41, 5.74) is 0.663. The number of carbonyl (C=O) groups excluding carboxylic acids is 1. The van der Waals surface area contributed by atoms with Crippen LogP contribution < -0.4 is 10.6 Å². The minimum absolute atomic E-state index is 0.00441. The van der Waals surface area contributed by atoms with Gasteiger partial charge in [-0.3, -0.25) is 4.79 Å². The van der Waals surface area contributed by atoms with E-state index >= 15 is 0 Å². The second kappa shape index (κ2) is 6.48. The molecule has 0 fully saturated rings. The number of benzene rings is 1. The van der Waals surface area contributed by atoms with Gasteiger partial charge in [0.05, 0.1) is 13.2 Å². The van der Waals surface area contributed by atoms with Crippen molar-refractivity contribution in [2.75, 3.05) is 18.5 Å². The van der Waals surface area contributed by atoms with Crippen molar-refractivity contribution in [3.8, 4) is 0 Å². The highest BCUT2D eigenvalue weighted by atomic mass is 35.5. The summed E-state index contributed by atoms with van der Waals surface area (Å²) in [4.78, 5) is 11.4. The van der Waals surface area contributed by atoms with Crippen molar-refractivity contribution in [2.24, 2.45) is 0 Å². The summed E-state index contributed by atoms with van der Waals surface area (Å²) in [7, 11) is 0. The third-order valence-corrected chi connectivity index (χ3v) is 2.23. The zero-order valence-electron chi connectivity index (χ0n) is 9.03. The van der Waals surface area contributed by atoms with E-state index in [2.05, 4.69) is 10.6 Å². The van der Waals surface area contributed by atoms with E-state index < -0.39 is 0 Å². The lowest BCUT2D eigenvalue weighted by Crippen LogP contribution is -2.36. The van der Waals surface area contributed by atoms with Crippen molar-refractivity contribution in [1.29, 1.82) is 0 Å². The minimum atomic E-state index is -0.164. The lowest BCUT2D eigenvalue weighted by atomic mass is 10.3. The van der Waals surface area contributed by atoms with Crippen LogP contribution in [0.15, 0.2) is 24.3 Å². The Morgan fingerprint density at radius 3 is 2.94 bits per heavy atom. The molecule has 0 aromatic heterocycles. The lowest BCUT2D eigenvalue weighted by molar-refractivity contribution is -0.115. The first kappa shape index (κ1) is 13.0. The predicted octanol–water partition coefficient (Wildman–Crippen LogP) is 1.25. The van der Waals surface area contributed by atoms with Crippen LogP contribution in [0.1, 0.15) is 6.92 Å². The molecule has 0 bridgehead atoms. The molecule has 0 saturated carbocycles. The SMILES string of the molecule is CC(CO)NCC(=O)Nc1cccc(Cl)c1. The van der Waals surface area contributed by atoms with Crippen molar-refractivity contribution < 1.29 is 9.90 Å². The fourth-order valence-corrected chi connectivity index (χ4v) is 1.29. The highest BCUT2D eigenvalue weighted by Crippen LogP contribution is 2.14. The van der Waals surface area contributed by atoms with Crippen LogP contribution in [0.2, 0.25) is 5.02 Å². The summed E-state index contributed by atoms with van der Waals surface area (Å²) in [6.45, 7) is 1.96. The summed E-state index contributed by atoms with van der Waals surface area (Å²) in [5, 5.41) is 14.9. The van der Waals surface area contributed by atoms with Gasteiger partial charge in [-0.25, -0.2) is 0 Å². The number of carbonyl (C=O) groups is 1. The third kappa shape index (κ3) is 4.61. The van der Waals surface area contributed by atoms with Gasteiger partial charge in [-0.2, -0.15) is 0 Å². The van der Waals surface area contributed by atoms with E-state index in [0.29, 0.717) is 10.7 Å². The Hall–Kier alpha value is -1.10. The number of aliphatic hydroxyl groups excluding tert-OH is 1. The average Bonchev–Trinajstić information content (AvgIpc) is 2.26. The molecule has 4 nitrogen and oxygen atoms in total. The van der Waals surface area contributed by atoms with Gasteiger partial charge in [-0.1, -0.05) is 17.7 Å². The molecular formula is C11H15ClN2O2. The predicted molar refractivity (Wildman–Crippen MR) is 64.6 cm³/mol. The van der Waals surface area contributed by atoms with Crippen LogP contribution in [0.4, 0.5) is 5.69 Å². The first-order chi connectivity index (χ1) is 7.61. The standard InChI is InChI=1S/C11H15ClN2O2/c1-8(7-15)13-6-11(16)14-10-4-2-3-9(12)5-10/h2-5,8,13,15H,6-7H2,1H3,(H,14,16). The van der Waals surface area contributed by atoms with Gasteiger partial charge < -0.3 is 15.7 Å². The minimum Gasteiger partial charge on any atom is -0.395 e. The maximum absolute atomic E-state index is 11.4. The van der Waals surface area contributed by atoms with Gasteiger partial charge in [-0.05, 0) is 25.1 Å². The highest BCUT2D eigenvalue weighted by Gasteiger charge is 2.04. The Morgan fingerprint density at radius 1 is 1.56 bits per heavy atom. The van der Waals surface area contributed by atoms with E-state index in [1.807, 2.05) is 0 Å². The number of hydrogen-bond acceptors (Lipinski definition) is 3. The summed E-state index contributed by atoms with van der Waals surface area (Å²) in [6, 6.07) is 6.85. The molecule has 0 aliphatic carbocycles. The quantitative estimate of drug-likeness (QED) is 0.728. The number of hydrogen-bond donors (Lipinski definition) is 3. The Labute approximate surface area is 99.6 Å². The normalized spacial score (nSPS) is 12.2. The second-order valence-electron chi connectivity index (χ2n) is 3.52. The molecule has 1 unspecified atom stereocenters. The van der Waals surface area contributed by atoms with Gasteiger partial charge in [-0.15, -0.1) is 0 Å². The summed E-state index contributed by atoms with van der Waals surface area (Å²) in [5.74, 6) is -0.164. The van der Waals surface area contributed by atoms with Crippen molar-refractivity contribution in [2.45, 2.75) is 13.0 Å². The molecule has 1 atom stereocenters. The number of rotatable bonds is 5. The maximum Gasteiger partial charge on any atom is 0.238 e. The molecule has 3 N–H and O–H groups in total. The molecule has 0 radical (unpaired) electrons. The van der Waals surface area contributed by atoms with Crippen LogP contribution in [0, 0.1) is 0 Å². The summed E-state index contributed by atoms with van der Waals surface area (Å²) < 4.78 is 0. The molecule has 0 saturated heterocycles. The first-order valence-corrected chi connectivity index (χ1v) is 5.39. The van der Waals surface area contributed by atoms with Gasteiger partial charge in [0, 0.05) is 16.8 Å². The Bertz CT molecular complexity index is 358. The van der Waals surface area contributed by atoms with Crippen LogP contribution in [0.5, 0.6) is 0 Å². The van der Waals surface area contributed by atoms with E-state index in [1.165, 1.54) is 0 Å². The van der Waals surface area contributed by atoms with Crippen LogP contribution in [-0.2, 0) is 4.79 Å². The van der Waals surface area contributed by atoms with Gasteiger partial charge in [0.15, 0.2) is 0 Å². The molecule has 0 aliphatic rings. The van der Waals surface area contributed by atoms with E-state index in [9.17, 15) is 4.79 Å². The summed E-state index contributed by atoms with van der Waals surface area (Å²) in [6.07, 6.45) is 0. The number of anilines is 1. The Morgan fingerprint density at radius 2 is 2.31 bits per heavy atom. The van der Waals surface area contributed by atoms with Gasteiger partial charge in [0.1, 0.15) is 0 Å².